The van der Waals surface area contributed by atoms with Crippen molar-refractivity contribution in [3.8, 4) is 0 Å². The molecule has 1 aliphatic rings. The lowest BCUT2D eigenvalue weighted by atomic mass is 10.1. The molecule has 78 valence electrons. The number of fused-ring (bicyclic) bond motifs is 1. The van der Waals surface area contributed by atoms with E-state index in [9.17, 15) is 4.79 Å². The van der Waals surface area contributed by atoms with Crippen LogP contribution in [0.15, 0.2) is 33.1 Å². The fourth-order valence-corrected chi connectivity index (χ4v) is 2.92. The number of halogens is 1. The molecule has 0 fully saturated rings. The lowest BCUT2D eigenvalue weighted by Gasteiger charge is -2.14. The van der Waals surface area contributed by atoms with Gasteiger partial charge in [0.25, 0.3) is 0 Å². The van der Waals surface area contributed by atoms with E-state index in [2.05, 4.69) is 22.0 Å². The average molecular weight is 285 g/mol. The number of carbonyl (C=O) groups is 1. The number of hydrogen-bond donors (Lipinski definition) is 0. The minimum Gasteiger partial charge on any atom is -0.466 e. The highest BCUT2D eigenvalue weighted by Gasteiger charge is 2.16. The first kappa shape index (κ1) is 10.8. The lowest BCUT2D eigenvalue weighted by Crippen LogP contribution is -2.09. The summed E-state index contributed by atoms with van der Waals surface area (Å²) >= 11 is 5.08. The molecule has 1 aromatic carbocycles. The quantitative estimate of drug-likeness (QED) is 0.742. The van der Waals surface area contributed by atoms with Gasteiger partial charge in [-0.1, -0.05) is 22.0 Å². The SMILES string of the molecule is COC(=O)C1=Cc2ccc(Br)cc2SC1. The van der Waals surface area contributed by atoms with Crippen LogP contribution in [0.3, 0.4) is 0 Å². The van der Waals surface area contributed by atoms with Crippen LogP contribution in [0.25, 0.3) is 6.08 Å². The van der Waals surface area contributed by atoms with E-state index in [1.807, 2.05) is 18.2 Å². The Morgan fingerprint density at radius 3 is 3.07 bits per heavy atom. The van der Waals surface area contributed by atoms with Gasteiger partial charge in [-0.2, -0.15) is 0 Å². The van der Waals surface area contributed by atoms with Crippen molar-refractivity contribution in [2.24, 2.45) is 0 Å². The van der Waals surface area contributed by atoms with Gasteiger partial charge < -0.3 is 4.74 Å². The van der Waals surface area contributed by atoms with Crippen molar-refractivity contribution in [3.05, 3.63) is 33.8 Å². The van der Waals surface area contributed by atoms with Gasteiger partial charge in [0.15, 0.2) is 0 Å². The van der Waals surface area contributed by atoms with Crippen LogP contribution >= 0.6 is 27.7 Å². The first-order valence-electron chi connectivity index (χ1n) is 4.42. The number of hydrogen-bond acceptors (Lipinski definition) is 3. The monoisotopic (exact) mass is 284 g/mol. The van der Waals surface area contributed by atoms with Crippen molar-refractivity contribution < 1.29 is 9.53 Å². The van der Waals surface area contributed by atoms with E-state index in [1.54, 1.807) is 11.8 Å². The zero-order valence-electron chi connectivity index (χ0n) is 8.12. The fourth-order valence-electron chi connectivity index (χ4n) is 1.39. The van der Waals surface area contributed by atoms with Crippen LogP contribution in [-0.2, 0) is 9.53 Å². The smallest absolute Gasteiger partial charge is 0.334 e. The summed E-state index contributed by atoms with van der Waals surface area (Å²) in [6.07, 6.45) is 1.89. The van der Waals surface area contributed by atoms with E-state index in [0.29, 0.717) is 5.75 Å². The molecule has 4 heteroatoms. The highest BCUT2D eigenvalue weighted by atomic mass is 79.9. The summed E-state index contributed by atoms with van der Waals surface area (Å²) in [6, 6.07) is 6.02. The molecule has 0 saturated carbocycles. The maximum Gasteiger partial charge on any atom is 0.334 e. The molecule has 0 saturated heterocycles. The summed E-state index contributed by atoms with van der Waals surface area (Å²) in [6.45, 7) is 0. The summed E-state index contributed by atoms with van der Waals surface area (Å²) in [4.78, 5) is 12.5. The standard InChI is InChI=1S/C11H9BrO2S/c1-14-11(13)8-4-7-2-3-9(12)5-10(7)15-6-8/h2-5H,6H2,1H3. The van der Waals surface area contributed by atoms with E-state index in [1.165, 1.54) is 12.0 Å². The van der Waals surface area contributed by atoms with Crippen LogP contribution < -0.4 is 0 Å². The summed E-state index contributed by atoms with van der Waals surface area (Å²) in [7, 11) is 1.41. The van der Waals surface area contributed by atoms with Gasteiger partial charge in [0.1, 0.15) is 0 Å². The van der Waals surface area contributed by atoms with Crippen molar-refractivity contribution in [3.63, 3.8) is 0 Å². The molecule has 0 amide bonds. The predicted octanol–water partition coefficient (Wildman–Crippen LogP) is 3.11. The average Bonchev–Trinajstić information content (AvgIpc) is 2.27. The van der Waals surface area contributed by atoms with Gasteiger partial charge in [-0.05, 0) is 23.8 Å². The van der Waals surface area contributed by atoms with E-state index < -0.39 is 0 Å². The third kappa shape index (κ3) is 2.26. The number of ether oxygens (including phenoxy) is 1. The molecule has 0 bridgehead atoms. The second-order valence-corrected chi connectivity index (χ2v) is 5.06. The molecule has 0 N–H and O–H groups in total. The second-order valence-electron chi connectivity index (χ2n) is 3.13. The topological polar surface area (TPSA) is 26.3 Å². The molecule has 0 aromatic heterocycles. The number of esters is 1. The van der Waals surface area contributed by atoms with E-state index in [0.717, 1.165) is 15.6 Å². The molecule has 15 heavy (non-hydrogen) atoms. The Morgan fingerprint density at radius 1 is 1.53 bits per heavy atom. The van der Waals surface area contributed by atoms with Crippen molar-refractivity contribution in [1.82, 2.24) is 0 Å². The zero-order valence-corrected chi connectivity index (χ0v) is 10.5. The normalized spacial score (nSPS) is 14.1. The molecule has 0 radical (unpaired) electrons. The highest BCUT2D eigenvalue weighted by Crippen LogP contribution is 2.33. The van der Waals surface area contributed by atoms with Crippen LogP contribution in [0, 0.1) is 0 Å². The summed E-state index contributed by atoms with van der Waals surface area (Å²) < 4.78 is 5.76. The molecule has 2 rings (SSSR count). The van der Waals surface area contributed by atoms with E-state index in [4.69, 9.17) is 4.74 Å². The molecule has 1 aliphatic heterocycles. The van der Waals surface area contributed by atoms with Gasteiger partial charge in [-0.3, -0.25) is 0 Å². The Kier molecular flexibility index (Phi) is 3.17. The Bertz CT molecular complexity index is 440. The Hall–Kier alpha value is -0.740. The molecule has 1 heterocycles. The summed E-state index contributed by atoms with van der Waals surface area (Å²) in [5, 5.41) is 0. The zero-order chi connectivity index (χ0) is 10.8. The molecule has 0 spiro atoms. The van der Waals surface area contributed by atoms with Gasteiger partial charge in [-0.25, -0.2) is 4.79 Å². The number of carbonyl (C=O) groups excluding carboxylic acids is 1. The van der Waals surface area contributed by atoms with Gasteiger partial charge in [0, 0.05) is 20.7 Å². The number of benzene rings is 1. The molecule has 0 unspecified atom stereocenters. The first-order chi connectivity index (χ1) is 7.20. The van der Waals surface area contributed by atoms with Crippen LogP contribution in [-0.4, -0.2) is 18.8 Å². The van der Waals surface area contributed by atoms with Crippen molar-refractivity contribution in [1.29, 1.82) is 0 Å². The van der Waals surface area contributed by atoms with Gasteiger partial charge in [0.05, 0.1) is 7.11 Å². The van der Waals surface area contributed by atoms with Crippen molar-refractivity contribution in [2.75, 3.05) is 12.9 Å². The summed E-state index contributed by atoms with van der Waals surface area (Å²) in [5.74, 6) is 0.437. The van der Waals surface area contributed by atoms with Crippen LogP contribution in [0.4, 0.5) is 0 Å². The maximum atomic E-state index is 11.3. The Morgan fingerprint density at radius 2 is 2.33 bits per heavy atom. The van der Waals surface area contributed by atoms with Crippen molar-refractivity contribution in [2.45, 2.75) is 4.90 Å². The lowest BCUT2D eigenvalue weighted by molar-refractivity contribution is -0.135. The Balaban J connectivity index is 2.37. The third-order valence-corrected chi connectivity index (χ3v) is 3.75. The third-order valence-electron chi connectivity index (χ3n) is 2.14. The second kappa shape index (κ2) is 4.41. The maximum absolute atomic E-state index is 11.3. The number of methoxy groups -OCH3 is 1. The molecular weight excluding hydrogens is 276 g/mol. The van der Waals surface area contributed by atoms with Gasteiger partial charge in [-0.15, -0.1) is 11.8 Å². The highest BCUT2D eigenvalue weighted by molar-refractivity contribution is 9.10. The molecule has 1 aromatic rings. The predicted molar refractivity (Wildman–Crippen MR) is 64.9 cm³/mol. The minimum atomic E-state index is -0.240. The van der Waals surface area contributed by atoms with Crippen LogP contribution in [0.5, 0.6) is 0 Å². The number of rotatable bonds is 1. The number of thioether (sulfide) groups is 1. The summed E-state index contributed by atoms with van der Waals surface area (Å²) in [5.41, 5.74) is 1.80. The molecule has 0 aliphatic carbocycles. The first-order valence-corrected chi connectivity index (χ1v) is 6.20. The molecular formula is C11H9BrO2S. The largest absolute Gasteiger partial charge is 0.466 e. The van der Waals surface area contributed by atoms with Crippen molar-refractivity contribution >= 4 is 39.7 Å². The van der Waals surface area contributed by atoms with Gasteiger partial charge in [0.2, 0.25) is 0 Å². The van der Waals surface area contributed by atoms with Gasteiger partial charge >= 0.3 is 5.97 Å². The van der Waals surface area contributed by atoms with E-state index in [-0.39, 0.29) is 5.97 Å². The molecule has 2 nitrogen and oxygen atoms in total. The van der Waals surface area contributed by atoms with Crippen LogP contribution in [0.2, 0.25) is 0 Å². The van der Waals surface area contributed by atoms with Crippen LogP contribution in [0.1, 0.15) is 5.56 Å². The Labute approximate surface area is 101 Å². The minimum absolute atomic E-state index is 0.240. The van der Waals surface area contributed by atoms with E-state index >= 15 is 0 Å². The fraction of sp³-hybridized carbons (Fsp3) is 0.182. The molecule has 0 atom stereocenters.